The zero-order valence-electron chi connectivity index (χ0n) is 7.47. The molecule has 4 nitrogen and oxygen atoms in total. The molecule has 0 aliphatic heterocycles. The second-order valence-electron chi connectivity index (χ2n) is 2.93. The van der Waals surface area contributed by atoms with Crippen LogP contribution >= 0.6 is 0 Å². The van der Waals surface area contributed by atoms with Gasteiger partial charge in [0.15, 0.2) is 0 Å². The van der Waals surface area contributed by atoms with Crippen molar-refractivity contribution in [3.63, 3.8) is 0 Å². The summed E-state index contributed by atoms with van der Waals surface area (Å²) in [6.45, 7) is 1.86. The van der Waals surface area contributed by atoms with Gasteiger partial charge in [-0.05, 0) is 0 Å². The van der Waals surface area contributed by atoms with E-state index in [4.69, 9.17) is 0 Å². The predicted octanol–water partition coefficient (Wildman–Crippen LogP) is 0.655. The molecule has 0 aromatic heterocycles. The van der Waals surface area contributed by atoms with Crippen LogP contribution in [0.1, 0.15) is 19.8 Å². The standard InChI is InChI=1S/C4H9.4CHO.Cr/c1-3-4-2;4*1-2;/h1,3-4H2,2H3;4*1H;. The summed E-state index contributed by atoms with van der Waals surface area (Å²) >= 11 is -4.37. The van der Waals surface area contributed by atoms with Gasteiger partial charge in [-0.3, -0.25) is 0 Å². The maximum atomic E-state index is 10.7. The molecule has 0 saturated carbocycles. The average molecular weight is 225 g/mol. The van der Waals surface area contributed by atoms with Crippen molar-refractivity contribution >= 4 is 20.6 Å². The van der Waals surface area contributed by atoms with Crippen molar-refractivity contribution in [2.45, 2.75) is 25.0 Å². The zero-order chi connectivity index (χ0) is 10.4. The van der Waals surface area contributed by atoms with Gasteiger partial charge in [-0.15, -0.1) is 0 Å². The molecule has 0 rings (SSSR count). The Morgan fingerprint density at radius 3 is 1.54 bits per heavy atom. The van der Waals surface area contributed by atoms with Crippen molar-refractivity contribution in [2.75, 3.05) is 0 Å². The second-order valence-corrected chi connectivity index (χ2v) is 9.40. The van der Waals surface area contributed by atoms with E-state index in [1.165, 1.54) is 0 Å². The Balaban J connectivity index is 5.06. The summed E-state index contributed by atoms with van der Waals surface area (Å²) in [7, 11) is 0. The van der Waals surface area contributed by atoms with Gasteiger partial charge in [0, 0.05) is 0 Å². The Kier molecular flexibility index (Phi) is 4.18. The first-order chi connectivity index (χ1) is 6.12. The summed E-state index contributed by atoms with van der Waals surface area (Å²) in [5.41, 5.74) is 0. The second kappa shape index (κ2) is 4.45. The van der Waals surface area contributed by atoms with Crippen LogP contribution in [0, 0.1) is 0 Å². The van der Waals surface area contributed by atoms with Crippen molar-refractivity contribution in [3.05, 3.63) is 0 Å². The van der Waals surface area contributed by atoms with E-state index in [1.807, 2.05) is 6.92 Å². The van der Waals surface area contributed by atoms with Crippen LogP contribution < -0.4 is 0 Å². The molecule has 0 aromatic carbocycles. The fourth-order valence-electron chi connectivity index (χ4n) is 0.806. The SMILES string of the molecule is CCC[CH2][Cr]([CH]=O)([CH]=O)([CH]=O)[CH]=O. The van der Waals surface area contributed by atoms with Crippen LogP contribution in [0.5, 0.6) is 0 Å². The Bertz CT molecular complexity index is 193. The van der Waals surface area contributed by atoms with Gasteiger partial charge >= 0.3 is 76.8 Å². The van der Waals surface area contributed by atoms with Crippen LogP contribution in [-0.4, -0.2) is 20.6 Å². The van der Waals surface area contributed by atoms with E-state index in [-0.39, 0.29) is 5.28 Å². The van der Waals surface area contributed by atoms with Gasteiger partial charge in [-0.25, -0.2) is 0 Å². The molecule has 0 fully saturated rings. The van der Waals surface area contributed by atoms with Gasteiger partial charge in [-0.1, -0.05) is 0 Å². The first kappa shape index (κ1) is 12.2. The Morgan fingerprint density at radius 2 is 1.31 bits per heavy atom. The fraction of sp³-hybridized carbons (Fsp3) is 0.500. The van der Waals surface area contributed by atoms with Crippen LogP contribution in [0.2, 0.25) is 5.28 Å². The van der Waals surface area contributed by atoms with E-state index in [0.29, 0.717) is 27.0 Å². The number of hydrogen-bond acceptors (Lipinski definition) is 4. The molecule has 0 atom stereocenters. The molecule has 0 heterocycles. The first-order valence-electron chi connectivity index (χ1n) is 3.88. The van der Waals surface area contributed by atoms with Gasteiger partial charge in [0.1, 0.15) is 0 Å². The molecule has 0 aliphatic rings. The third kappa shape index (κ3) is 2.11. The molecule has 0 saturated heterocycles. The number of unbranched alkanes of at least 4 members (excludes halogenated alkanes) is 1. The van der Waals surface area contributed by atoms with E-state index in [2.05, 4.69) is 0 Å². The van der Waals surface area contributed by atoms with E-state index in [0.717, 1.165) is 6.42 Å². The molecule has 0 amide bonds. The van der Waals surface area contributed by atoms with Crippen LogP contribution in [0.25, 0.3) is 0 Å². The van der Waals surface area contributed by atoms with Gasteiger partial charge < -0.3 is 0 Å². The Morgan fingerprint density at radius 1 is 0.923 bits per heavy atom. The molecule has 0 bridgehead atoms. The van der Waals surface area contributed by atoms with E-state index < -0.39 is 12.0 Å². The number of hydrogen-bond donors (Lipinski definition) is 0. The monoisotopic (exact) mass is 225 g/mol. The van der Waals surface area contributed by atoms with Gasteiger partial charge in [-0.2, -0.15) is 0 Å². The third-order valence-electron chi connectivity index (χ3n) is 1.91. The fourth-order valence-corrected chi connectivity index (χ4v) is 3.32. The Labute approximate surface area is 77.3 Å². The minimum atomic E-state index is -4.37. The first-order valence-corrected chi connectivity index (χ1v) is 7.73. The molecule has 13 heavy (non-hydrogen) atoms. The number of carbonyl (C=O) groups is 4. The molecule has 0 radical (unpaired) electrons. The summed E-state index contributed by atoms with van der Waals surface area (Å²) < 4.78 is 0. The minimum absolute atomic E-state index is 0.122. The molecule has 0 unspecified atom stereocenters. The van der Waals surface area contributed by atoms with Gasteiger partial charge in [0.05, 0.1) is 0 Å². The van der Waals surface area contributed by atoms with Gasteiger partial charge in [0.25, 0.3) is 0 Å². The summed E-state index contributed by atoms with van der Waals surface area (Å²) in [5, 5.41) is 1.30. The Hall–Kier alpha value is -0.788. The molecule has 5 heteroatoms. The molecule has 0 aromatic rings. The van der Waals surface area contributed by atoms with E-state index in [9.17, 15) is 19.2 Å². The summed E-state index contributed by atoms with van der Waals surface area (Å²) in [5.74, 6) is 0. The van der Waals surface area contributed by atoms with Crippen LogP contribution in [0.15, 0.2) is 0 Å². The predicted molar refractivity (Wildman–Crippen MR) is 46.7 cm³/mol. The quantitative estimate of drug-likeness (QED) is 0.597. The molecular weight excluding hydrogens is 212 g/mol. The van der Waals surface area contributed by atoms with Crippen molar-refractivity contribution in [2.24, 2.45) is 0 Å². The van der Waals surface area contributed by atoms with Crippen LogP contribution in [0.4, 0.5) is 0 Å². The van der Waals surface area contributed by atoms with Crippen molar-refractivity contribution < 1.29 is 31.2 Å². The third-order valence-corrected chi connectivity index (χ3v) is 6.76. The van der Waals surface area contributed by atoms with Gasteiger partial charge in [0.2, 0.25) is 0 Å². The topological polar surface area (TPSA) is 68.3 Å². The maximum absolute atomic E-state index is 10.7. The number of carbonyl (C=O) groups excluding carboxylic acids is 4. The average Bonchev–Trinajstić information content (AvgIpc) is 2.23. The molecular formula is C8H13CrO4. The molecule has 0 N–H and O–H groups in total. The molecule has 0 spiro atoms. The van der Waals surface area contributed by atoms with Crippen molar-refractivity contribution in [1.82, 2.24) is 0 Å². The summed E-state index contributed by atoms with van der Waals surface area (Å²) in [4.78, 5) is 42.9. The summed E-state index contributed by atoms with van der Waals surface area (Å²) in [6.07, 6.45) is 1.30. The van der Waals surface area contributed by atoms with Crippen LogP contribution in [-0.2, 0) is 31.2 Å². The normalized spacial score (nSPS) is 13.8. The van der Waals surface area contributed by atoms with E-state index >= 15 is 0 Å². The summed E-state index contributed by atoms with van der Waals surface area (Å²) in [6, 6.07) is 0. The zero-order valence-corrected chi connectivity index (χ0v) is 8.75. The van der Waals surface area contributed by atoms with Crippen LogP contribution in [0.3, 0.4) is 0 Å². The molecule has 0 aliphatic carbocycles. The number of rotatable bonds is 7. The van der Waals surface area contributed by atoms with Crippen molar-refractivity contribution in [3.8, 4) is 0 Å². The van der Waals surface area contributed by atoms with Crippen molar-refractivity contribution in [1.29, 1.82) is 0 Å². The molecule has 75 valence electrons. The van der Waals surface area contributed by atoms with E-state index in [1.54, 1.807) is 0 Å².